The Hall–Kier alpha value is -2.09. The predicted molar refractivity (Wildman–Crippen MR) is 86.1 cm³/mol. The molecule has 9 heteroatoms. The van der Waals surface area contributed by atoms with Gasteiger partial charge in [0.15, 0.2) is 17.0 Å². The van der Waals surface area contributed by atoms with Gasteiger partial charge in [0.05, 0.1) is 18.5 Å². The first-order valence-corrected chi connectivity index (χ1v) is 7.70. The standard InChI is InChI=1S/C15H19ClFN3O4/c1-15(2,3)20(14(21)22)7-10-5-11(24-19-10)8-23-12-4-9(17)6-18-13(12)16/h4,6,11H,5,7-8H2,1-3H3,(H,21,22). The maximum Gasteiger partial charge on any atom is 0.408 e. The Labute approximate surface area is 144 Å². The van der Waals surface area contributed by atoms with Gasteiger partial charge in [0.2, 0.25) is 0 Å². The number of carboxylic acid groups (broad SMARTS) is 1. The molecule has 1 N–H and O–H groups in total. The fourth-order valence-corrected chi connectivity index (χ4v) is 2.29. The fourth-order valence-electron chi connectivity index (χ4n) is 2.13. The van der Waals surface area contributed by atoms with E-state index in [1.807, 2.05) is 0 Å². The van der Waals surface area contributed by atoms with Crippen molar-refractivity contribution < 1.29 is 23.9 Å². The first kappa shape index (κ1) is 18.3. The Kier molecular flexibility index (Phi) is 5.48. The summed E-state index contributed by atoms with van der Waals surface area (Å²) in [4.78, 5) is 21.5. The molecule has 1 unspecified atom stereocenters. The normalized spacial score (nSPS) is 17.2. The highest BCUT2D eigenvalue weighted by molar-refractivity contribution is 6.30. The van der Waals surface area contributed by atoms with Crippen LogP contribution >= 0.6 is 11.6 Å². The van der Waals surface area contributed by atoms with Crippen LogP contribution in [0.3, 0.4) is 0 Å². The van der Waals surface area contributed by atoms with Crippen molar-refractivity contribution in [1.82, 2.24) is 9.88 Å². The minimum atomic E-state index is -1.03. The summed E-state index contributed by atoms with van der Waals surface area (Å²) >= 11 is 5.82. The number of carbonyl (C=O) groups is 1. The lowest BCUT2D eigenvalue weighted by atomic mass is 10.1. The lowest BCUT2D eigenvalue weighted by Crippen LogP contribution is -2.47. The zero-order valence-corrected chi connectivity index (χ0v) is 14.4. The minimum absolute atomic E-state index is 0.0559. The number of amides is 1. The van der Waals surface area contributed by atoms with Gasteiger partial charge in [-0.3, -0.25) is 4.90 Å². The van der Waals surface area contributed by atoms with Crippen LogP contribution in [0.2, 0.25) is 5.15 Å². The molecule has 1 aromatic heterocycles. The second-order valence-electron chi connectivity index (χ2n) is 6.38. The number of aromatic nitrogens is 1. The Morgan fingerprint density at radius 1 is 1.58 bits per heavy atom. The molecule has 0 aliphatic carbocycles. The second kappa shape index (κ2) is 7.21. The molecule has 2 rings (SSSR count). The Bertz CT molecular complexity index is 648. The van der Waals surface area contributed by atoms with Crippen LogP contribution in [0.25, 0.3) is 0 Å². The van der Waals surface area contributed by atoms with Crippen LogP contribution in [0.5, 0.6) is 5.75 Å². The molecular formula is C15H19ClFN3O4. The van der Waals surface area contributed by atoms with Crippen LogP contribution in [0.1, 0.15) is 27.2 Å². The average molecular weight is 360 g/mol. The number of rotatable bonds is 5. The Balaban J connectivity index is 1.88. The number of hydrogen-bond acceptors (Lipinski definition) is 5. The summed E-state index contributed by atoms with van der Waals surface area (Å²) in [6.07, 6.45) is -0.00663. The van der Waals surface area contributed by atoms with Crippen molar-refractivity contribution in [3.05, 3.63) is 23.2 Å². The molecule has 1 aromatic rings. The minimum Gasteiger partial charge on any atom is -0.486 e. The maximum absolute atomic E-state index is 13.1. The van der Waals surface area contributed by atoms with E-state index in [4.69, 9.17) is 21.2 Å². The molecule has 1 amide bonds. The van der Waals surface area contributed by atoms with E-state index in [0.717, 1.165) is 12.3 Å². The van der Waals surface area contributed by atoms with Crippen molar-refractivity contribution >= 4 is 23.4 Å². The van der Waals surface area contributed by atoms with Crippen LogP contribution in [-0.2, 0) is 4.84 Å². The number of hydrogen-bond donors (Lipinski definition) is 1. The molecule has 1 aliphatic rings. The van der Waals surface area contributed by atoms with E-state index in [2.05, 4.69) is 10.1 Å². The molecule has 7 nitrogen and oxygen atoms in total. The van der Waals surface area contributed by atoms with Gasteiger partial charge < -0.3 is 14.7 Å². The van der Waals surface area contributed by atoms with Gasteiger partial charge in [0.1, 0.15) is 12.4 Å². The highest BCUT2D eigenvalue weighted by Gasteiger charge is 2.31. The van der Waals surface area contributed by atoms with Crippen molar-refractivity contribution in [3.8, 4) is 5.75 Å². The van der Waals surface area contributed by atoms with Crippen LogP contribution in [0.15, 0.2) is 17.4 Å². The zero-order valence-electron chi connectivity index (χ0n) is 13.6. The summed E-state index contributed by atoms with van der Waals surface area (Å²) in [7, 11) is 0. The molecule has 1 atom stereocenters. The van der Waals surface area contributed by atoms with Crippen LogP contribution in [-0.4, -0.2) is 51.6 Å². The zero-order chi connectivity index (χ0) is 17.9. The van der Waals surface area contributed by atoms with Crippen LogP contribution < -0.4 is 4.74 Å². The van der Waals surface area contributed by atoms with E-state index in [1.165, 1.54) is 4.90 Å². The molecule has 132 valence electrons. The van der Waals surface area contributed by atoms with Gasteiger partial charge in [0, 0.05) is 18.0 Å². The largest absolute Gasteiger partial charge is 0.486 e. The van der Waals surface area contributed by atoms with E-state index in [0.29, 0.717) is 12.1 Å². The summed E-state index contributed by atoms with van der Waals surface area (Å²) in [5.74, 6) is -0.434. The van der Waals surface area contributed by atoms with Gasteiger partial charge in [-0.25, -0.2) is 14.2 Å². The van der Waals surface area contributed by atoms with Crippen LogP contribution in [0, 0.1) is 5.82 Å². The van der Waals surface area contributed by atoms with E-state index < -0.39 is 23.6 Å². The van der Waals surface area contributed by atoms with Crippen molar-refractivity contribution in [1.29, 1.82) is 0 Å². The Morgan fingerprint density at radius 3 is 2.92 bits per heavy atom. The van der Waals surface area contributed by atoms with E-state index >= 15 is 0 Å². The van der Waals surface area contributed by atoms with Crippen molar-refractivity contribution in [2.45, 2.75) is 38.8 Å². The van der Waals surface area contributed by atoms with Gasteiger partial charge in [-0.1, -0.05) is 16.8 Å². The number of ether oxygens (including phenoxy) is 1. The van der Waals surface area contributed by atoms with Gasteiger partial charge in [-0.2, -0.15) is 0 Å². The highest BCUT2D eigenvalue weighted by Crippen LogP contribution is 2.24. The van der Waals surface area contributed by atoms with Crippen molar-refractivity contribution in [2.24, 2.45) is 5.16 Å². The molecule has 0 aromatic carbocycles. The predicted octanol–water partition coefficient (Wildman–Crippen LogP) is 3.18. The molecule has 1 aliphatic heterocycles. The van der Waals surface area contributed by atoms with Crippen molar-refractivity contribution in [3.63, 3.8) is 0 Å². The third kappa shape index (κ3) is 4.70. The van der Waals surface area contributed by atoms with Gasteiger partial charge >= 0.3 is 6.09 Å². The highest BCUT2D eigenvalue weighted by atomic mass is 35.5. The molecule has 2 heterocycles. The van der Waals surface area contributed by atoms with Crippen LogP contribution in [0.4, 0.5) is 9.18 Å². The average Bonchev–Trinajstić information content (AvgIpc) is 2.92. The molecule has 0 fully saturated rings. The number of oxime groups is 1. The van der Waals surface area contributed by atoms with E-state index in [-0.39, 0.29) is 24.1 Å². The van der Waals surface area contributed by atoms with Gasteiger partial charge in [-0.05, 0) is 20.8 Å². The SMILES string of the molecule is CC(C)(C)N(CC1=NOC(COc2cc(F)cnc2Cl)C1)C(=O)O. The Morgan fingerprint density at radius 2 is 2.29 bits per heavy atom. The fraction of sp³-hybridized carbons (Fsp3) is 0.533. The quantitative estimate of drug-likeness (QED) is 0.816. The smallest absolute Gasteiger partial charge is 0.408 e. The molecule has 0 spiro atoms. The molecule has 0 bridgehead atoms. The van der Waals surface area contributed by atoms with Crippen molar-refractivity contribution in [2.75, 3.05) is 13.2 Å². The molecule has 0 saturated carbocycles. The van der Waals surface area contributed by atoms with E-state index in [1.54, 1.807) is 20.8 Å². The van der Waals surface area contributed by atoms with Gasteiger partial charge in [0.25, 0.3) is 0 Å². The first-order chi connectivity index (χ1) is 11.2. The lowest BCUT2D eigenvalue weighted by molar-refractivity contribution is 0.0469. The number of nitrogens with zero attached hydrogens (tertiary/aromatic N) is 3. The van der Waals surface area contributed by atoms with Gasteiger partial charge in [-0.15, -0.1) is 0 Å². The summed E-state index contributed by atoms with van der Waals surface area (Å²) in [5, 5.41) is 13.3. The number of pyridine rings is 1. The summed E-state index contributed by atoms with van der Waals surface area (Å²) in [5.41, 5.74) is 0.0494. The molecule has 0 saturated heterocycles. The third-order valence-electron chi connectivity index (χ3n) is 3.37. The summed E-state index contributed by atoms with van der Waals surface area (Å²) < 4.78 is 18.5. The maximum atomic E-state index is 13.1. The third-order valence-corrected chi connectivity index (χ3v) is 3.66. The summed E-state index contributed by atoms with van der Waals surface area (Å²) in [6, 6.07) is 1.14. The number of halogens is 2. The topological polar surface area (TPSA) is 84.3 Å². The molecular weight excluding hydrogens is 341 g/mol. The lowest BCUT2D eigenvalue weighted by Gasteiger charge is -2.32. The monoisotopic (exact) mass is 359 g/mol. The molecule has 24 heavy (non-hydrogen) atoms. The second-order valence-corrected chi connectivity index (χ2v) is 6.74. The summed E-state index contributed by atoms with van der Waals surface area (Å²) in [6.45, 7) is 5.66. The molecule has 0 radical (unpaired) electrons. The first-order valence-electron chi connectivity index (χ1n) is 7.33. The van der Waals surface area contributed by atoms with E-state index in [9.17, 15) is 14.3 Å².